The second-order valence-electron chi connectivity index (χ2n) is 5.20. The number of nitrogens with one attached hydrogen (secondary N) is 1. The number of rotatable bonds is 4. The lowest BCUT2D eigenvalue weighted by Crippen LogP contribution is -2.44. The predicted molar refractivity (Wildman–Crippen MR) is 75.5 cm³/mol. The van der Waals surface area contributed by atoms with Gasteiger partial charge in [0.15, 0.2) is 0 Å². The maximum Gasteiger partial charge on any atom is 0.254 e. The van der Waals surface area contributed by atoms with Gasteiger partial charge in [0.1, 0.15) is 0 Å². The molecule has 1 aromatic rings. The number of benzene rings is 1. The molecule has 1 aromatic carbocycles. The van der Waals surface area contributed by atoms with Crippen molar-refractivity contribution in [1.29, 1.82) is 0 Å². The molecule has 0 saturated heterocycles. The molecular formula is C14H23N3O. The Bertz CT molecular complexity index is 441. The minimum atomic E-state index is -0.143. The van der Waals surface area contributed by atoms with E-state index in [0.29, 0.717) is 5.56 Å². The Hall–Kier alpha value is -1.55. The molecule has 0 saturated carbocycles. The molecule has 0 atom stereocenters. The summed E-state index contributed by atoms with van der Waals surface area (Å²) in [5.41, 5.74) is 4.96. The molecule has 4 nitrogen and oxygen atoms in total. The third-order valence-corrected chi connectivity index (χ3v) is 3.71. The zero-order valence-electron chi connectivity index (χ0n) is 11.9. The lowest BCUT2D eigenvalue weighted by molar-refractivity contribution is 0.0620. The summed E-state index contributed by atoms with van der Waals surface area (Å²) in [7, 11) is 1.84. The Morgan fingerprint density at radius 1 is 1.44 bits per heavy atom. The molecule has 0 aliphatic heterocycles. The van der Waals surface area contributed by atoms with E-state index in [9.17, 15) is 4.79 Å². The van der Waals surface area contributed by atoms with Crippen molar-refractivity contribution in [3.8, 4) is 0 Å². The van der Waals surface area contributed by atoms with Crippen LogP contribution < -0.4 is 11.3 Å². The standard InChI is InChI=1S/C14H23N3O/c1-6-14(3,4)17(5)13(18)11-7-8-12(16-15)10(2)9-11/h7-9,16H,6,15H2,1-5H3. The SMILES string of the molecule is CCC(C)(C)N(C)C(=O)c1ccc(NN)c(C)c1. The average molecular weight is 249 g/mol. The zero-order valence-corrected chi connectivity index (χ0v) is 11.9. The summed E-state index contributed by atoms with van der Waals surface area (Å²) in [5, 5.41) is 0. The number of aryl methyl sites for hydroxylation is 1. The highest BCUT2D eigenvalue weighted by Crippen LogP contribution is 2.21. The quantitative estimate of drug-likeness (QED) is 0.637. The number of anilines is 1. The predicted octanol–water partition coefficient (Wildman–Crippen LogP) is 2.54. The van der Waals surface area contributed by atoms with Crippen LogP contribution >= 0.6 is 0 Å². The number of nitrogens with two attached hydrogens (primary N) is 1. The summed E-state index contributed by atoms with van der Waals surface area (Å²) in [5.74, 6) is 5.42. The highest BCUT2D eigenvalue weighted by molar-refractivity contribution is 5.95. The van der Waals surface area contributed by atoms with Gasteiger partial charge in [-0.2, -0.15) is 0 Å². The first-order valence-corrected chi connectivity index (χ1v) is 6.19. The summed E-state index contributed by atoms with van der Waals surface area (Å²) in [6.45, 7) is 8.13. The Kier molecular flexibility index (Phi) is 4.35. The van der Waals surface area contributed by atoms with Gasteiger partial charge in [0.25, 0.3) is 5.91 Å². The van der Waals surface area contributed by atoms with E-state index in [2.05, 4.69) is 26.2 Å². The molecule has 100 valence electrons. The summed E-state index contributed by atoms with van der Waals surface area (Å²) in [6, 6.07) is 5.49. The van der Waals surface area contributed by atoms with Crippen LogP contribution in [0, 0.1) is 6.92 Å². The van der Waals surface area contributed by atoms with Crippen molar-refractivity contribution >= 4 is 11.6 Å². The molecule has 0 heterocycles. The van der Waals surface area contributed by atoms with E-state index >= 15 is 0 Å². The van der Waals surface area contributed by atoms with E-state index in [1.54, 1.807) is 11.0 Å². The molecule has 0 fully saturated rings. The number of hydrogen-bond acceptors (Lipinski definition) is 3. The first-order chi connectivity index (χ1) is 8.33. The van der Waals surface area contributed by atoms with Crippen LogP contribution in [0.4, 0.5) is 5.69 Å². The fourth-order valence-electron chi connectivity index (χ4n) is 1.66. The lowest BCUT2D eigenvalue weighted by atomic mass is 9.98. The Labute approximate surface area is 109 Å². The molecule has 0 bridgehead atoms. The monoisotopic (exact) mass is 249 g/mol. The maximum absolute atomic E-state index is 12.4. The Morgan fingerprint density at radius 2 is 2.06 bits per heavy atom. The van der Waals surface area contributed by atoms with Crippen molar-refractivity contribution in [3.05, 3.63) is 29.3 Å². The van der Waals surface area contributed by atoms with Crippen molar-refractivity contribution in [2.45, 2.75) is 39.7 Å². The van der Waals surface area contributed by atoms with Crippen LogP contribution in [0.3, 0.4) is 0 Å². The highest BCUT2D eigenvalue weighted by Gasteiger charge is 2.26. The second-order valence-corrected chi connectivity index (χ2v) is 5.20. The van der Waals surface area contributed by atoms with E-state index in [-0.39, 0.29) is 11.4 Å². The van der Waals surface area contributed by atoms with Crippen LogP contribution in [0.1, 0.15) is 43.1 Å². The number of carbonyl (C=O) groups excluding carboxylic acids is 1. The van der Waals surface area contributed by atoms with Crippen LogP contribution in [0.15, 0.2) is 18.2 Å². The number of nitrogen functional groups attached to an aromatic ring is 1. The van der Waals surface area contributed by atoms with Crippen molar-refractivity contribution in [1.82, 2.24) is 4.90 Å². The van der Waals surface area contributed by atoms with Crippen LogP contribution in [0.2, 0.25) is 0 Å². The van der Waals surface area contributed by atoms with Crippen molar-refractivity contribution in [2.24, 2.45) is 5.84 Å². The maximum atomic E-state index is 12.4. The molecule has 0 radical (unpaired) electrons. The number of hydrazine groups is 1. The van der Waals surface area contributed by atoms with Gasteiger partial charge in [-0.15, -0.1) is 0 Å². The Morgan fingerprint density at radius 3 is 2.50 bits per heavy atom. The van der Waals surface area contributed by atoms with Gasteiger partial charge in [0.05, 0.1) is 5.69 Å². The van der Waals surface area contributed by atoms with Gasteiger partial charge in [-0.1, -0.05) is 6.92 Å². The minimum Gasteiger partial charge on any atom is -0.337 e. The summed E-state index contributed by atoms with van der Waals surface area (Å²) < 4.78 is 0. The second kappa shape index (κ2) is 5.40. The average Bonchev–Trinajstić information content (AvgIpc) is 2.36. The summed E-state index contributed by atoms with van der Waals surface area (Å²) >= 11 is 0. The molecule has 0 aliphatic rings. The van der Waals surface area contributed by atoms with Gasteiger partial charge in [-0.3, -0.25) is 10.6 Å². The first kappa shape index (κ1) is 14.5. The van der Waals surface area contributed by atoms with Crippen molar-refractivity contribution < 1.29 is 4.79 Å². The molecule has 3 N–H and O–H groups in total. The topological polar surface area (TPSA) is 58.4 Å². The first-order valence-electron chi connectivity index (χ1n) is 6.19. The zero-order chi connectivity index (χ0) is 13.9. The molecule has 0 spiro atoms. The molecule has 0 aliphatic carbocycles. The summed E-state index contributed by atoms with van der Waals surface area (Å²) in [6.07, 6.45) is 0.913. The largest absolute Gasteiger partial charge is 0.337 e. The van der Waals surface area contributed by atoms with Crippen LogP contribution in [-0.4, -0.2) is 23.4 Å². The molecule has 0 aromatic heterocycles. The van der Waals surface area contributed by atoms with Crippen LogP contribution in [0.5, 0.6) is 0 Å². The van der Waals surface area contributed by atoms with Gasteiger partial charge >= 0.3 is 0 Å². The Balaban J connectivity index is 3.01. The normalized spacial score (nSPS) is 11.2. The highest BCUT2D eigenvalue weighted by atomic mass is 16.2. The molecule has 1 amide bonds. The summed E-state index contributed by atoms with van der Waals surface area (Å²) in [4.78, 5) is 14.2. The van der Waals surface area contributed by atoms with E-state index in [0.717, 1.165) is 17.7 Å². The minimum absolute atomic E-state index is 0.0357. The van der Waals surface area contributed by atoms with E-state index < -0.39 is 0 Å². The smallest absolute Gasteiger partial charge is 0.254 e. The number of hydrogen-bond donors (Lipinski definition) is 2. The molecular weight excluding hydrogens is 226 g/mol. The van der Waals surface area contributed by atoms with Crippen LogP contribution in [-0.2, 0) is 0 Å². The number of amides is 1. The molecule has 0 unspecified atom stereocenters. The van der Waals surface area contributed by atoms with Crippen molar-refractivity contribution in [2.75, 3.05) is 12.5 Å². The fraction of sp³-hybridized carbons (Fsp3) is 0.500. The van der Waals surface area contributed by atoms with Gasteiger partial charge in [-0.25, -0.2) is 0 Å². The fourth-order valence-corrected chi connectivity index (χ4v) is 1.66. The molecule has 18 heavy (non-hydrogen) atoms. The molecule has 1 rings (SSSR count). The third kappa shape index (κ3) is 2.82. The number of nitrogens with zero attached hydrogens (tertiary/aromatic N) is 1. The van der Waals surface area contributed by atoms with E-state index in [1.165, 1.54) is 0 Å². The van der Waals surface area contributed by atoms with Crippen LogP contribution in [0.25, 0.3) is 0 Å². The van der Waals surface area contributed by atoms with E-state index in [1.807, 2.05) is 26.1 Å². The van der Waals surface area contributed by atoms with Gasteiger partial charge in [-0.05, 0) is 51.0 Å². The lowest BCUT2D eigenvalue weighted by Gasteiger charge is -2.35. The number of carbonyl (C=O) groups is 1. The third-order valence-electron chi connectivity index (χ3n) is 3.71. The van der Waals surface area contributed by atoms with Gasteiger partial charge < -0.3 is 10.3 Å². The van der Waals surface area contributed by atoms with Gasteiger partial charge in [0.2, 0.25) is 0 Å². The van der Waals surface area contributed by atoms with Gasteiger partial charge in [0, 0.05) is 18.2 Å². The van der Waals surface area contributed by atoms with E-state index in [4.69, 9.17) is 5.84 Å². The van der Waals surface area contributed by atoms with Crippen molar-refractivity contribution in [3.63, 3.8) is 0 Å². The molecule has 4 heteroatoms.